The molecule has 0 radical (unpaired) electrons. The second-order valence-corrected chi connectivity index (χ2v) is 8.23. The molecule has 2 aromatic rings. The van der Waals surface area contributed by atoms with E-state index in [2.05, 4.69) is 15.3 Å². The van der Waals surface area contributed by atoms with E-state index in [1.165, 1.54) is 0 Å². The molecule has 0 atom stereocenters. The summed E-state index contributed by atoms with van der Waals surface area (Å²) in [7, 11) is 0. The van der Waals surface area contributed by atoms with Crippen molar-refractivity contribution in [3.63, 3.8) is 0 Å². The highest BCUT2D eigenvalue weighted by molar-refractivity contribution is 5.93. The number of pyridine rings is 2. The molecule has 1 fully saturated rings. The Morgan fingerprint density at radius 3 is 2.50 bits per heavy atom. The van der Waals surface area contributed by atoms with Gasteiger partial charge in [0.1, 0.15) is 12.2 Å². The zero-order valence-corrected chi connectivity index (χ0v) is 17.6. The van der Waals surface area contributed by atoms with Crippen LogP contribution in [0.2, 0.25) is 0 Å². The Kier molecular flexibility index (Phi) is 6.87. The van der Waals surface area contributed by atoms with Gasteiger partial charge in [0.2, 0.25) is 5.91 Å². The molecule has 0 spiro atoms. The summed E-state index contributed by atoms with van der Waals surface area (Å²) in [6.45, 7) is 6.84. The maximum absolute atomic E-state index is 12.7. The zero-order valence-electron chi connectivity index (χ0n) is 17.6. The maximum Gasteiger partial charge on any atom is 0.410 e. The highest BCUT2D eigenvalue weighted by Gasteiger charge is 2.30. The third kappa shape index (κ3) is 6.17. The van der Waals surface area contributed by atoms with Gasteiger partial charge in [-0.05, 0) is 63.4 Å². The Morgan fingerprint density at radius 1 is 1.13 bits per heavy atom. The molecule has 0 aliphatic carbocycles. The summed E-state index contributed by atoms with van der Waals surface area (Å²) in [5, 5.41) is 2.88. The van der Waals surface area contributed by atoms with E-state index in [0.29, 0.717) is 44.1 Å². The Morgan fingerprint density at radius 2 is 1.83 bits per heavy atom. The normalized spacial score (nSPS) is 14.8. The summed E-state index contributed by atoms with van der Waals surface area (Å²) in [5.41, 5.74) is 0.442. The average Bonchev–Trinajstić information content (AvgIpc) is 2.73. The van der Waals surface area contributed by atoms with E-state index in [1.807, 2.05) is 32.9 Å². The first-order chi connectivity index (χ1) is 14.3. The fourth-order valence-electron chi connectivity index (χ4n) is 3.11. The van der Waals surface area contributed by atoms with Gasteiger partial charge in [0, 0.05) is 37.6 Å². The molecule has 8 nitrogen and oxygen atoms in total. The summed E-state index contributed by atoms with van der Waals surface area (Å²) in [6, 6.07) is 7.27. The minimum Gasteiger partial charge on any atom is -0.485 e. The number of carbonyl (C=O) groups excluding carboxylic acids is 2. The van der Waals surface area contributed by atoms with Gasteiger partial charge in [-0.15, -0.1) is 0 Å². The van der Waals surface area contributed by atoms with Crippen LogP contribution in [0.5, 0.6) is 5.75 Å². The van der Waals surface area contributed by atoms with Crippen molar-refractivity contribution in [3.8, 4) is 5.75 Å². The van der Waals surface area contributed by atoms with Gasteiger partial charge in [-0.25, -0.2) is 9.78 Å². The van der Waals surface area contributed by atoms with Crippen molar-refractivity contribution in [2.45, 2.75) is 45.8 Å². The van der Waals surface area contributed by atoms with E-state index in [0.717, 1.165) is 5.56 Å². The number of amides is 2. The number of hydrogen-bond acceptors (Lipinski definition) is 6. The van der Waals surface area contributed by atoms with Gasteiger partial charge in [0.05, 0.1) is 0 Å². The number of likely N-dealkylation sites (tertiary alicyclic amines) is 1. The molecule has 1 aliphatic heterocycles. The van der Waals surface area contributed by atoms with E-state index in [1.54, 1.807) is 35.6 Å². The van der Waals surface area contributed by atoms with E-state index in [4.69, 9.17) is 9.47 Å². The minimum absolute atomic E-state index is 0.119. The van der Waals surface area contributed by atoms with E-state index in [9.17, 15) is 9.59 Å². The van der Waals surface area contributed by atoms with Crippen LogP contribution in [-0.2, 0) is 16.1 Å². The van der Waals surface area contributed by atoms with Crippen molar-refractivity contribution in [1.82, 2.24) is 14.9 Å². The van der Waals surface area contributed by atoms with Gasteiger partial charge in [-0.2, -0.15) is 0 Å². The van der Waals surface area contributed by atoms with E-state index in [-0.39, 0.29) is 17.9 Å². The third-order valence-corrected chi connectivity index (χ3v) is 4.67. The predicted octanol–water partition coefficient (Wildman–Crippen LogP) is 3.64. The molecule has 0 aromatic carbocycles. The molecule has 160 valence electrons. The lowest BCUT2D eigenvalue weighted by atomic mass is 9.96. The Bertz CT molecular complexity index is 859. The van der Waals surface area contributed by atoms with Gasteiger partial charge < -0.3 is 19.7 Å². The Labute approximate surface area is 176 Å². The predicted molar refractivity (Wildman–Crippen MR) is 112 cm³/mol. The highest BCUT2D eigenvalue weighted by atomic mass is 16.6. The fourth-order valence-corrected chi connectivity index (χ4v) is 3.11. The molecule has 1 saturated heterocycles. The third-order valence-electron chi connectivity index (χ3n) is 4.67. The van der Waals surface area contributed by atoms with Crippen LogP contribution in [0.3, 0.4) is 0 Å². The van der Waals surface area contributed by atoms with Crippen molar-refractivity contribution >= 4 is 17.8 Å². The molecular formula is C22H28N4O4. The van der Waals surface area contributed by atoms with Gasteiger partial charge in [-0.3, -0.25) is 9.78 Å². The number of nitrogens with one attached hydrogen (secondary N) is 1. The summed E-state index contributed by atoms with van der Waals surface area (Å²) in [4.78, 5) is 34.8. The van der Waals surface area contributed by atoms with Crippen molar-refractivity contribution in [1.29, 1.82) is 0 Å². The standard InChI is InChI=1S/C22H28N4O4/c1-22(2,3)30-21(28)26-13-8-17(9-14-26)20(27)25-19-18(5-4-10-24-19)29-15-16-6-11-23-12-7-16/h4-7,10-12,17H,8-9,13-15H2,1-3H3,(H,24,25,27). The Balaban J connectivity index is 1.54. The van der Waals surface area contributed by atoms with Crippen LogP contribution < -0.4 is 10.1 Å². The molecule has 3 heterocycles. The Hall–Kier alpha value is -3.16. The lowest BCUT2D eigenvalue weighted by Crippen LogP contribution is -2.43. The van der Waals surface area contributed by atoms with Crippen molar-refractivity contribution < 1.29 is 19.1 Å². The molecule has 1 aliphatic rings. The molecule has 2 aromatic heterocycles. The van der Waals surface area contributed by atoms with E-state index < -0.39 is 5.60 Å². The molecule has 30 heavy (non-hydrogen) atoms. The molecule has 0 saturated carbocycles. The quantitative estimate of drug-likeness (QED) is 0.806. The molecule has 2 amide bonds. The van der Waals surface area contributed by atoms with Gasteiger partial charge in [0.25, 0.3) is 0 Å². The number of piperidine rings is 1. The topological polar surface area (TPSA) is 93.7 Å². The van der Waals surface area contributed by atoms with Crippen LogP contribution in [0.15, 0.2) is 42.9 Å². The molecule has 3 rings (SSSR count). The summed E-state index contributed by atoms with van der Waals surface area (Å²) in [5.74, 6) is 0.588. The summed E-state index contributed by atoms with van der Waals surface area (Å²) < 4.78 is 11.2. The summed E-state index contributed by atoms with van der Waals surface area (Å²) in [6.07, 6.45) is 5.83. The van der Waals surface area contributed by atoms with Crippen molar-refractivity contribution in [3.05, 3.63) is 48.4 Å². The molecule has 0 bridgehead atoms. The molecule has 0 unspecified atom stereocenters. The minimum atomic E-state index is -0.531. The van der Waals surface area contributed by atoms with Crippen LogP contribution in [0, 0.1) is 5.92 Å². The average molecular weight is 412 g/mol. The van der Waals surface area contributed by atoms with Gasteiger partial charge in [-0.1, -0.05) is 0 Å². The summed E-state index contributed by atoms with van der Waals surface area (Å²) >= 11 is 0. The molecule has 8 heteroatoms. The van der Waals surface area contributed by atoms with Gasteiger partial charge >= 0.3 is 6.09 Å². The fraction of sp³-hybridized carbons (Fsp3) is 0.455. The number of nitrogens with zero attached hydrogens (tertiary/aromatic N) is 3. The first-order valence-electron chi connectivity index (χ1n) is 10.1. The molecule has 1 N–H and O–H groups in total. The maximum atomic E-state index is 12.7. The number of hydrogen-bond donors (Lipinski definition) is 1. The smallest absolute Gasteiger partial charge is 0.410 e. The molecular weight excluding hydrogens is 384 g/mol. The number of rotatable bonds is 5. The number of ether oxygens (including phenoxy) is 2. The second-order valence-electron chi connectivity index (χ2n) is 8.23. The first-order valence-corrected chi connectivity index (χ1v) is 10.1. The van der Waals surface area contributed by atoms with Crippen LogP contribution in [-0.4, -0.2) is 45.6 Å². The number of carbonyl (C=O) groups is 2. The highest BCUT2D eigenvalue weighted by Crippen LogP contribution is 2.25. The van der Waals surface area contributed by atoms with Crippen LogP contribution in [0.4, 0.5) is 10.6 Å². The number of anilines is 1. The lowest BCUT2D eigenvalue weighted by Gasteiger charge is -2.32. The van der Waals surface area contributed by atoms with E-state index >= 15 is 0 Å². The van der Waals surface area contributed by atoms with Crippen LogP contribution in [0.1, 0.15) is 39.2 Å². The van der Waals surface area contributed by atoms with Gasteiger partial charge in [0.15, 0.2) is 11.6 Å². The van der Waals surface area contributed by atoms with Crippen LogP contribution in [0.25, 0.3) is 0 Å². The lowest BCUT2D eigenvalue weighted by molar-refractivity contribution is -0.121. The van der Waals surface area contributed by atoms with Crippen molar-refractivity contribution in [2.24, 2.45) is 5.92 Å². The van der Waals surface area contributed by atoms with Crippen molar-refractivity contribution in [2.75, 3.05) is 18.4 Å². The SMILES string of the molecule is CC(C)(C)OC(=O)N1CCC(C(=O)Nc2ncccc2OCc2ccncc2)CC1. The largest absolute Gasteiger partial charge is 0.485 e. The first kappa shape index (κ1) is 21.5. The second kappa shape index (κ2) is 9.56. The monoisotopic (exact) mass is 412 g/mol. The van der Waals surface area contributed by atoms with Crippen LogP contribution >= 0.6 is 0 Å². The zero-order chi connectivity index (χ0) is 21.6. The number of aromatic nitrogens is 2.